The summed E-state index contributed by atoms with van der Waals surface area (Å²) >= 11 is 0. The highest BCUT2D eigenvalue weighted by atomic mass is 16.7. The molecule has 0 spiro atoms. The van der Waals surface area contributed by atoms with Crippen LogP contribution >= 0.6 is 0 Å². The molecule has 0 bridgehead atoms. The third-order valence-corrected chi connectivity index (χ3v) is 0.513. The summed E-state index contributed by atoms with van der Waals surface area (Å²) in [7, 11) is 0. The first kappa shape index (κ1) is 8.17. The fraction of sp³-hybridized carbons (Fsp3) is 0.500. The third kappa shape index (κ3) is 5.03. The highest BCUT2D eigenvalue weighted by Gasteiger charge is 2.18. The zero-order valence-electron chi connectivity index (χ0n) is 5.51. The Morgan fingerprint density at radius 3 is 2.22 bits per heavy atom. The Morgan fingerprint density at radius 2 is 2.11 bits per heavy atom. The van der Waals surface area contributed by atoms with Crippen molar-refractivity contribution in [1.82, 2.24) is 0 Å². The Labute approximate surface area is 53.9 Å². The molecule has 0 saturated heterocycles. The standard InChI is InChI=1S/C6H9O3/c1-4-5(7)9-6(2,3)8/h4H,1H2,2-3H3. The number of rotatable bonds is 2. The minimum Gasteiger partial charge on any atom is -0.428 e. The first-order valence-corrected chi connectivity index (χ1v) is 2.51. The van der Waals surface area contributed by atoms with E-state index in [1.807, 2.05) is 0 Å². The molecule has 0 aliphatic rings. The maximum atomic E-state index is 10.6. The molecular formula is C6H9O3. The van der Waals surface area contributed by atoms with Gasteiger partial charge in [0.25, 0.3) is 0 Å². The predicted octanol–water partition coefficient (Wildman–Crippen LogP) is 0.882. The SMILES string of the molecule is C=CC(=O)OC(C)(C)[O]. The lowest BCUT2D eigenvalue weighted by Gasteiger charge is -2.12. The minimum atomic E-state index is -1.65. The number of hydrogen-bond acceptors (Lipinski definition) is 2. The van der Waals surface area contributed by atoms with E-state index in [-0.39, 0.29) is 0 Å². The quantitative estimate of drug-likeness (QED) is 0.315. The van der Waals surface area contributed by atoms with Crippen LogP contribution in [0.1, 0.15) is 13.8 Å². The second-order valence-corrected chi connectivity index (χ2v) is 2.03. The average Bonchev–Trinajstić information content (AvgIpc) is 1.62. The first-order valence-electron chi connectivity index (χ1n) is 2.51. The summed E-state index contributed by atoms with van der Waals surface area (Å²) in [5.74, 6) is -2.33. The molecule has 0 aliphatic heterocycles. The molecule has 9 heavy (non-hydrogen) atoms. The average molecular weight is 129 g/mol. The summed E-state index contributed by atoms with van der Waals surface area (Å²) in [4.78, 5) is 10.3. The molecule has 3 nitrogen and oxygen atoms in total. The molecule has 0 aromatic rings. The van der Waals surface area contributed by atoms with Gasteiger partial charge < -0.3 is 4.74 Å². The smallest absolute Gasteiger partial charge is 0.332 e. The molecule has 0 atom stereocenters. The van der Waals surface area contributed by atoms with E-state index in [0.717, 1.165) is 6.08 Å². The molecule has 0 amide bonds. The van der Waals surface area contributed by atoms with Crippen LogP contribution in [0.3, 0.4) is 0 Å². The maximum Gasteiger partial charge on any atom is 0.332 e. The van der Waals surface area contributed by atoms with Crippen LogP contribution in [0.15, 0.2) is 12.7 Å². The lowest BCUT2D eigenvalue weighted by molar-refractivity contribution is -0.211. The molecule has 0 aliphatic carbocycles. The van der Waals surface area contributed by atoms with E-state index in [1.54, 1.807) is 0 Å². The van der Waals surface area contributed by atoms with Gasteiger partial charge in [0, 0.05) is 19.9 Å². The Kier molecular flexibility index (Phi) is 2.40. The molecule has 3 heteroatoms. The summed E-state index contributed by atoms with van der Waals surface area (Å²) in [5, 5.41) is 10.6. The first-order chi connectivity index (χ1) is 3.95. The van der Waals surface area contributed by atoms with Crippen molar-refractivity contribution in [3.63, 3.8) is 0 Å². The van der Waals surface area contributed by atoms with Crippen LogP contribution in [0.2, 0.25) is 0 Å². The van der Waals surface area contributed by atoms with E-state index in [9.17, 15) is 9.90 Å². The zero-order chi connectivity index (χ0) is 7.49. The van der Waals surface area contributed by atoms with Crippen LogP contribution in [0.5, 0.6) is 0 Å². The van der Waals surface area contributed by atoms with Gasteiger partial charge in [-0.2, -0.15) is 5.11 Å². The molecular weight excluding hydrogens is 120 g/mol. The fourth-order valence-corrected chi connectivity index (χ4v) is 0.284. The normalized spacial score (nSPS) is 10.6. The number of ether oxygens (including phenoxy) is 1. The van der Waals surface area contributed by atoms with Crippen molar-refractivity contribution >= 4 is 5.97 Å². The van der Waals surface area contributed by atoms with Gasteiger partial charge in [0.05, 0.1) is 0 Å². The van der Waals surface area contributed by atoms with E-state index in [0.29, 0.717) is 0 Å². The van der Waals surface area contributed by atoms with Crippen molar-refractivity contribution in [2.24, 2.45) is 0 Å². The summed E-state index contributed by atoms with van der Waals surface area (Å²) in [6.45, 7) is 5.65. The van der Waals surface area contributed by atoms with Crippen molar-refractivity contribution < 1.29 is 14.6 Å². The second kappa shape index (κ2) is 2.64. The summed E-state index contributed by atoms with van der Waals surface area (Å²) in [6.07, 6.45) is 0.958. The van der Waals surface area contributed by atoms with E-state index in [2.05, 4.69) is 11.3 Å². The molecule has 0 aromatic carbocycles. The van der Waals surface area contributed by atoms with Crippen LogP contribution in [0, 0.1) is 0 Å². The molecule has 0 aromatic heterocycles. The van der Waals surface area contributed by atoms with Crippen molar-refractivity contribution in [2.75, 3.05) is 0 Å². The van der Waals surface area contributed by atoms with Gasteiger partial charge >= 0.3 is 5.97 Å². The lowest BCUT2D eigenvalue weighted by atomic mass is 10.4. The number of hydrogen-bond donors (Lipinski definition) is 0. The van der Waals surface area contributed by atoms with E-state index in [1.165, 1.54) is 13.8 Å². The monoisotopic (exact) mass is 129 g/mol. The zero-order valence-corrected chi connectivity index (χ0v) is 5.51. The van der Waals surface area contributed by atoms with Gasteiger partial charge in [-0.05, 0) is 0 Å². The Morgan fingerprint density at radius 1 is 1.67 bits per heavy atom. The minimum absolute atomic E-state index is 0.685. The Balaban J connectivity index is 3.74. The maximum absolute atomic E-state index is 10.6. The highest BCUT2D eigenvalue weighted by Crippen LogP contribution is 2.03. The van der Waals surface area contributed by atoms with E-state index in [4.69, 9.17) is 0 Å². The molecule has 0 N–H and O–H groups in total. The highest BCUT2D eigenvalue weighted by molar-refractivity contribution is 5.81. The second-order valence-electron chi connectivity index (χ2n) is 2.03. The summed E-state index contributed by atoms with van der Waals surface area (Å²) < 4.78 is 4.27. The predicted molar refractivity (Wildman–Crippen MR) is 31.1 cm³/mol. The third-order valence-electron chi connectivity index (χ3n) is 0.513. The van der Waals surface area contributed by atoms with Gasteiger partial charge in [-0.25, -0.2) is 4.79 Å². The summed E-state index contributed by atoms with van der Waals surface area (Å²) in [6, 6.07) is 0. The van der Waals surface area contributed by atoms with Crippen molar-refractivity contribution in [1.29, 1.82) is 0 Å². The van der Waals surface area contributed by atoms with Crippen LogP contribution in [0.25, 0.3) is 0 Å². The fourth-order valence-electron chi connectivity index (χ4n) is 0.284. The Bertz CT molecular complexity index is 121. The summed E-state index contributed by atoms with van der Waals surface area (Å²) in [5.41, 5.74) is 0. The van der Waals surface area contributed by atoms with Crippen LogP contribution in [-0.4, -0.2) is 11.8 Å². The molecule has 0 heterocycles. The molecule has 0 fully saturated rings. The van der Waals surface area contributed by atoms with E-state index < -0.39 is 11.8 Å². The van der Waals surface area contributed by atoms with Crippen LogP contribution < -0.4 is 0 Å². The van der Waals surface area contributed by atoms with Gasteiger partial charge in [0.2, 0.25) is 5.79 Å². The lowest BCUT2D eigenvalue weighted by Crippen LogP contribution is -2.24. The van der Waals surface area contributed by atoms with Gasteiger partial charge in [-0.3, -0.25) is 0 Å². The molecule has 0 rings (SSSR count). The van der Waals surface area contributed by atoms with Gasteiger partial charge in [-0.15, -0.1) is 0 Å². The largest absolute Gasteiger partial charge is 0.428 e. The van der Waals surface area contributed by atoms with Crippen LogP contribution in [-0.2, 0) is 14.6 Å². The van der Waals surface area contributed by atoms with Gasteiger partial charge in [0.1, 0.15) is 0 Å². The molecule has 0 unspecified atom stereocenters. The van der Waals surface area contributed by atoms with Crippen molar-refractivity contribution in [3.8, 4) is 0 Å². The molecule has 0 saturated carbocycles. The van der Waals surface area contributed by atoms with Crippen molar-refractivity contribution in [2.45, 2.75) is 19.6 Å². The topological polar surface area (TPSA) is 46.2 Å². The van der Waals surface area contributed by atoms with Crippen molar-refractivity contribution in [3.05, 3.63) is 12.7 Å². The number of carbonyl (C=O) groups is 1. The number of esters is 1. The van der Waals surface area contributed by atoms with Gasteiger partial charge in [0.15, 0.2) is 0 Å². The van der Waals surface area contributed by atoms with E-state index >= 15 is 0 Å². The number of carbonyl (C=O) groups excluding carboxylic acids is 1. The Hall–Kier alpha value is -0.830. The molecule has 1 radical (unpaired) electrons. The van der Waals surface area contributed by atoms with Gasteiger partial charge in [-0.1, -0.05) is 6.58 Å². The molecule has 51 valence electrons. The van der Waals surface area contributed by atoms with Crippen LogP contribution in [0.4, 0.5) is 0 Å².